The van der Waals surface area contributed by atoms with Gasteiger partial charge in [-0.1, -0.05) is 19.8 Å². The summed E-state index contributed by atoms with van der Waals surface area (Å²) >= 11 is 0. The number of aliphatic hydroxyl groups is 2. The van der Waals surface area contributed by atoms with Gasteiger partial charge in [0.2, 0.25) is 0 Å². The Labute approximate surface area is 91.2 Å². The van der Waals surface area contributed by atoms with E-state index in [1.165, 1.54) is 6.42 Å². The summed E-state index contributed by atoms with van der Waals surface area (Å²) in [5, 5.41) is 19.0. The fraction of sp³-hybridized carbons (Fsp3) is 1.00. The topological polar surface area (TPSA) is 58.9 Å². The lowest BCUT2D eigenvalue weighted by Gasteiger charge is -2.31. The monoisotopic (exact) mass is 218 g/mol. The maximum atomic E-state index is 9.59. The van der Waals surface area contributed by atoms with E-state index in [-0.39, 0.29) is 6.10 Å². The summed E-state index contributed by atoms with van der Waals surface area (Å²) in [5.74, 6) is 0. The van der Waals surface area contributed by atoms with Gasteiger partial charge in [-0.2, -0.15) is 0 Å². The summed E-state index contributed by atoms with van der Waals surface area (Å²) < 4.78 is 10.7. The van der Waals surface area contributed by atoms with Crippen LogP contribution in [0.5, 0.6) is 0 Å². The molecule has 1 saturated heterocycles. The average molecular weight is 218 g/mol. The van der Waals surface area contributed by atoms with E-state index in [9.17, 15) is 10.2 Å². The summed E-state index contributed by atoms with van der Waals surface area (Å²) in [6.07, 6.45) is 2.06. The number of unbranched alkanes of at least 4 members (excludes halogenated alkanes) is 2. The average Bonchev–Trinajstić information content (AvgIpc) is 2.24. The number of ether oxygens (including phenoxy) is 2. The van der Waals surface area contributed by atoms with E-state index in [0.717, 1.165) is 12.8 Å². The fourth-order valence-electron chi connectivity index (χ4n) is 1.66. The van der Waals surface area contributed by atoms with Crippen LogP contribution < -0.4 is 0 Å². The van der Waals surface area contributed by atoms with E-state index in [0.29, 0.717) is 26.2 Å². The lowest BCUT2D eigenvalue weighted by molar-refractivity contribution is -0.154. The van der Waals surface area contributed by atoms with Crippen molar-refractivity contribution in [1.29, 1.82) is 0 Å². The van der Waals surface area contributed by atoms with E-state index < -0.39 is 12.2 Å². The molecule has 3 atom stereocenters. The molecule has 0 aromatic carbocycles. The zero-order chi connectivity index (χ0) is 11.1. The molecule has 1 heterocycles. The lowest BCUT2D eigenvalue weighted by atomic mass is 10.0. The summed E-state index contributed by atoms with van der Waals surface area (Å²) in [6.45, 7) is 3.73. The van der Waals surface area contributed by atoms with Gasteiger partial charge in [-0.25, -0.2) is 0 Å². The second kappa shape index (κ2) is 7.17. The van der Waals surface area contributed by atoms with Crippen molar-refractivity contribution in [3.63, 3.8) is 0 Å². The van der Waals surface area contributed by atoms with Crippen LogP contribution in [0.3, 0.4) is 0 Å². The number of aliphatic hydroxyl groups excluding tert-OH is 2. The molecule has 2 N–H and O–H groups in total. The van der Waals surface area contributed by atoms with Gasteiger partial charge in [-0.15, -0.1) is 0 Å². The summed E-state index contributed by atoms with van der Waals surface area (Å²) in [7, 11) is 0. The SMILES string of the molecule is CCCCCOCC1OCCC(O)C1O. The van der Waals surface area contributed by atoms with Crippen molar-refractivity contribution in [3.8, 4) is 0 Å². The fourth-order valence-corrected chi connectivity index (χ4v) is 1.66. The minimum atomic E-state index is -0.801. The number of hydrogen-bond acceptors (Lipinski definition) is 4. The highest BCUT2D eigenvalue weighted by molar-refractivity contribution is 4.80. The van der Waals surface area contributed by atoms with Gasteiger partial charge in [0.25, 0.3) is 0 Å². The van der Waals surface area contributed by atoms with Crippen molar-refractivity contribution in [2.75, 3.05) is 19.8 Å². The molecule has 1 fully saturated rings. The van der Waals surface area contributed by atoms with Crippen molar-refractivity contribution in [3.05, 3.63) is 0 Å². The van der Waals surface area contributed by atoms with Crippen molar-refractivity contribution in [2.24, 2.45) is 0 Å². The van der Waals surface area contributed by atoms with E-state index in [1.54, 1.807) is 0 Å². The predicted molar refractivity (Wildman–Crippen MR) is 56.7 cm³/mol. The Balaban J connectivity index is 2.09. The minimum absolute atomic E-state index is 0.365. The van der Waals surface area contributed by atoms with Gasteiger partial charge in [0.15, 0.2) is 0 Å². The lowest BCUT2D eigenvalue weighted by Crippen LogP contribution is -2.46. The first-order valence-corrected chi connectivity index (χ1v) is 5.81. The van der Waals surface area contributed by atoms with Gasteiger partial charge < -0.3 is 19.7 Å². The van der Waals surface area contributed by atoms with E-state index in [4.69, 9.17) is 9.47 Å². The van der Waals surface area contributed by atoms with Gasteiger partial charge in [0, 0.05) is 13.2 Å². The Kier molecular flexibility index (Phi) is 6.17. The standard InChI is InChI=1S/C11H22O4/c1-2-3-4-6-14-8-10-11(13)9(12)5-7-15-10/h9-13H,2-8H2,1H3. The van der Waals surface area contributed by atoms with Crippen molar-refractivity contribution < 1.29 is 19.7 Å². The van der Waals surface area contributed by atoms with Gasteiger partial charge in [-0.3, -0.25) is 0 Å². The van der Waals surface area contributed by atoms with E-state index in [2.05, 4.69) is 6.92 Å². The highest BCUT2D eigenvalue weighted by Crippen LogP contribution is 2.15. The highest BCUT2D eigenvalue weighted by atomic mass is 16.5. The quantitative estimate of drug-likeness (QED) is 0.644. The zero-order valence-corrected chi connectivity index (χ0v) is 9.39. The largest absolute Gasteiger partial charge is 0.390 e. The van der Waals surface area contributed by atoms with Crippen LogP contribution >= 0.6 is 0 Å². The third-order valence-corrected chi connectivity index (χ3v) is 2.70. The van der Waals surface area contributed by atoms with Crippen LogP contribution in [0.1, 0.15) is 32.6 Å². The first kappa shape index (κ1) is 12.9. The molecule has 0 aliphatic carbocycles. The summed E-state index contributed by atoms with van der Waals surface area (Å²) in [5.41, 5.74) is 0. The first-order valence-electron chi connectivity index (χ1n) is 5.81. The molecule has 0 aromatic heterocycles. The molecule has 0 amide bonds. The Morgan fingerprint density at radius 3 is 2.87 bits per heavy atom. The van der Waals surface area contributed by atoms with Crippen molar-refractivity contribution in [1.82, 2.24) is 0 Å². The van der Waals surface area contributed by atoms with E-state index in [1.807, 2.05) is 0 Å². The summed E-state index contributed by atoms with van der Waals surface area (Å²) in [4.78, 5) is 0. The third kappa shape index (κ3) is 4.47. The molecule has 4 nitrogen and oxygen atoms in total. The third-order valence-electron chi connectivity index (χ3n) is 2.70. The molecule has 0 saturated carbocycles. The molecule has 90 valence electrons. The van der Waals surface area contributed by atoms with Crippen LogP contribution in [-0.2, 0) is 9.47 Å². The highest BCUT2D eigenvalue weighted by Gasteiger charge is 2.31. The van der Waals surface area contributed by atoms with Crippen LogP contribution in [0.25, 0.3) is 0 Å². The van der Waals surface area contributed by atoms with Gasteiger partial charge in [0.1, 0.15) is 12.2 Å². The van der Waals surface area contributed by atoms with Gasteiger partial charge >= 0.3 is 0 Å². The Hall–Kier alpha value is -0.160. The molecule has 0 spiro atoms. The second-order valence-corrected chi connectivity index (χ2v) is 4.04. The van der Waals surface area contributed by atoms with Crippen LogP contribution in [0.4, 0.5) is 0 Å². The van der Waals surface area contributed by atoms with Crippen LogP contribution in [0, 0.1) is 0 Å². The molecular formula is C11H22O4. The number of rotatable bonds is 6. The molecule has 0 aromatic rings. The van der Waals surface area contributed by atoms with Gasteiger partial charge in [-0.05, 0) is 12.8 Å². The molecule has 15 heavy (non-hydrogen) atoms. The van der Waals surface area contributed by atoms with Crippen molar-refractivity contribution in [2.45, 2.75) is 50.9 Å². The van der Waals surface area contributed by atoms with Crippen molar-refractivity contribution >= 4 is 0 Å². The first-order chi connectivity index (χ1) is 7.25. The summed E-state index contributed by atoms with van der Waals surface area (Å²) in [6, 6.07) is 0. The molecule has 1 rings (SSSR count). The second-order valence-electron chi connectivity index (χ2n) is 4.04. The molecule has 4 heteroatoms. The molecule has 0 radical (unpaired) electrons. The zero-order valence-electron chi connectivity index (χ0n) is 9.39. The maximum absolute atomic E-state index is 9.59. The predicted octanol–water partition coefficient (Wildman–Crippen LogP) is 0.704. The minimum Gasteiger partial charge on any atom is -0.390 e. The Morgan fingerprint density at radius 1 is 1.33 bits per heavy atom. The van der Waals surface area contributed by atoms with E-state index >= 15 is 0 Å². The molecule has 1 aliphatic heterocycles. The Bertz CT molecular complexity index is 163. The van der Waals surface area contributed by atoms with Gasteiger partial charge in [0.05, 0.1) is 12.7 Å². The maximum Gasteiger partial charge on any atom is 0.109 e. The molecule has 3 unspecified atom stereocenters. The normalized spacial score (nSPS) is 31.8. The molecular weight excluding hydrogens is 196 g/mol. The molecule has 0 bridgehead atoms. The van der Waals surface area contributed by atoms with Crippen LogP contribution in [0.15, 0.2) is 0 Å². The van der Waals surface area contributed by atoms with Crippen LogP contribution in [-0.4, -0.2) is 48.3 Å². The smallest absolute Gasteiger partial charge is 0.109 e. The Morgan fingerprint density at radius 2 is 2.13 bits per heavy atom. The number of hydrogen-bond donors (Lipinski definition) is 2. The van der Waals surface area contributed by atoms with Crippen LogP contribution in [0.2, 0.25) is 0 Å². The molecule has 1 aliphatic rings.